The van der Waals surface area contributed by atoms with Gasteiger partial charge in [0.05, 0.1) is 0 Å². The highest BCUT2D eigenvalue weighted by Gasteiger charge is 2.08. The van der Waals surface area contributed by atoms with Crippen LogP contribution in [0.5, 0.6) is 5.75 Å². The zero-order valence-electron chi connectivity index (χ0n) is 15.0. The van der Waals surface area contributed by atoms with Crippen molar-refractivity contribution < 1.29 is 4.74 Å². The van der Waals surface area contributed by atoms with Gasteiger partial charge in [0, 0.05) is 16.7 Å². The fourth-order valence-corrected chi connectivity index (χ4v) is 3.26. The van der Waals surface area contributed by atoms with Gasteiger partial charge in [-0.3, -0.25) is 0 Å². The van der Waals surface area contributed by atoms with Crippen molar-refractivity contribution in [3.05, 3.63) is 95.3 Å². The highest BCUT2D eigenvalue weighted by atomic mass is 35.5. The third kappa shape index (κ3) is 4.32. The van der Waals surface area contributed by atoms with Crippen LogP contribution in [-0.4, -0.2) is 14.8 Å². The summed E-state index contributed by atoms with van der Waals surface area (Å²) in [4.78, 5) is 0. The van der Waals surface area contributed by atoms with E-state index in [9.17, 15) is 0 Å². The van der Waals surface area contributed by atoms with E-state index in [-0.39, 0.29) is 6.61 Å². The molecule has 6 heteroatoms. The molecule has 0 aliphatic rings. The lowest BCUT2D eigenvalue weighted by molar-refractivity contribution is 0.289. The Morgan fingerprint density at radius 3 is 2.39 bits per heavy atom. The molecule has 0 aliphatic heterocycles. The summed E-state index contributed by atoms with van der Waals surface area (Å²) in [7, 11) is 0. The van der Waals surface area contributed by atoms with E-state index in [1.165, 1.54) is 5.56 Å². The van der Waals surface area contributed by atoms with E-state index >= 15 is 0 Å². The van der Waals surface area contributed by atoms with Gasteiger partial charge in [-0.1, -0.05) is 60.1 Å². The molecule has 0 amide bonds. The first-order chi connectivity index (χ1) is 13.7. The van der Waals surface area contributed by atoms with Crippen LogP contribution in [0, 0.1) is 0 Å². The van der Waals surface area contributed by atoms with E-state index in [0.717, 1.165) is 16.9 Å². The third-order valence-corrected chi connectivity index (χ3v) is 4.90. The van der Waals surface area contributed by atoms with Crippen molar-refractivity contribution in [2.75, 3.05) is 0 Å². The Kier molecular flexibility index (Phi) is 5.55. The van der Waals surface area contributed by atoms with Crippen molar-refractivity contribution in [1.29, 1.82) is 0 Å². The Labute approximate surface area is 174 Å². The summed E-state index contributed by atoms with van der Waals surface area (Å²) in [6.07, 6.45) is 0. The molecule has 4 rings (SSSR count). The van der Waals surface area contributed by atoms with Crippen LogP contribution in [0.4, 0.5) is 0 Å². The summed E-state index contributed by atoms with van der Waals surface area (Å²) in [5, 5.41) is 9.34. The van der Waals surface area contributed by atoms with Crippen molar-refractivity contribution in [1.82, 2.24) is 14.8 Å². The van der Waals surface area contributed by atoms with Gasteiger partial charge >= 0.3 is 0 Å². The number of benzene rings is 3. The Bertz CT molecular complexity index is 1060. The molecule has 1 heterocycles. The van der Waals surface area contributed by atoms with E-state index in [0.29, 0.717) is 22.5 Å². The van der Waals surface area contributed by atoms with Gasteiger partial charge in [-0.15, -0.1) is 5.10 Å². The molecule has 0 aliphatic carbocycles. The van der Waals surface area contributed by atoms with Crippen molar-refractivity contribution in [3.8, 4) is 16.9 Å². The number of ether oxygens (including phenoxy) is 1. The van der Waals surface area contributed by atoms with E-state index in [1.807, 2.05) is 34.9 Å². The quantitative estimate of drug-likeness (QED) is 0.416. The molecule has 140 valence electrons. The molecule has 0 N–H and O–H groups in total. The van der Waals surface area contributed by atoms with Gasteiger partial charge in [0.15, 0.2) is 5.82 Å². The van der Waals surface area contributed by atoms with Crippen molar-refractivity contribution in [3.63, 3.8) is 0 Å². The highest BCUT2D eigenvalue weighted by Crippen LogP contribution is 2.21. The van der Waals surface area contributed by atoms with E-state index in [2.05, 4.69) is 46.6 Å². The SMILES string of the molecule is [S-]c1nnc(COc2ccc(Cl)cc2)n1Cc1cccc(-c2ccccc2)c1. The van der Waals surface area contributed by atoms with Crippen molar-refractivity contribution >= 4 is 24.2 Å². The summed E-state index contributed by atoms with van der Waals surface area (Å²) in [5.41, 5.74) is 3.47. The Morgan fingerprint density at radius 1 is 0.857 bits per heavy atom. The number of hydrogen-bond acceptors (Lipinski definition) is 4. The zero-order chi connectivity index (χ0) is 19.3. The first-order valence-electron chi connectivity index (χ1n) is 8.81. The van der Waals surface area contributed by atoms with E-state index in [1.54, 1.807) is 12.1 Å². The lowest BCUT2D eigenvalue weighted by Gasteiger charge is -2.14. The minimum Gasteiger partial charge on any atom is -0.740 e. The van der Waals surface area contributed by atoms with E-state index < -0.39 is 0 Å². The van der Waals surface area contributed by atoms with Crippen LogP contribution in [-0.2, 0) is 25.8 Å². The molecule has 4 aromatic rings. The maximum atomic E-state index is 5.91. The van der Waals surface area contributed by atoms with Crippen LogP contribution in [0.3, 0.4) is 0 Å². The first kappa shape index (κ1) is 18.5. The largest absolute Gasteiger partial charge is 0.740 e. The van der Waals surface area contributed by atoms with Crippen molar-refractivity contribution in [2.45, 2.75) is 18.3 Å². The van der Waals surface area contributed by atoms with Crippen LogP contribution >= 0.6 is 11.6 Å². The molecule has 0 atom stereocenters. The summed E-state index contributed by atoms with van der Waals surface area (Å²) >= 11 is 11.3. The second kappa shape index (κ2) is 8.42. The lowest BCUT2D eigenvalue weighted by atomic mass is 10.0. The summed E-state index contributed by atoms with van der Waals surface area (Å²) < 4.78 is 7.70. The predicted molar refractivity (Wildman–Crippen MR) is 112 cm³/mol. The van der Waals surface area contributed by atoms with Gasteiger partial charge in [-0.05, 0) is 47.0 Å². The summed E-state index contributed by atoms with van der Waals surface area (Å²) in [6, 6.07) is 25.9. The summed E-state index contributed by atoms with van der Waals surface area (Å²) in [6.45, 7) is 0.871. The van der Waals surface area contributed by atoms with Gasteiger partial charge in [0.2, 0.25) is 0 Å². The molecular weight excluding hydrogens is 390 g/mol. The first-order valence-corrected chi connectivity index (χ1v) is 9.59. The standard InChI is InChI=1S/C22H18ClN3OS/c23-19-9-11-20(12-10-19)27-15-21-24-25-22(28)26(21)14-16-5-4-8-18(13-16)17-6-2-1-3-7-17/h1-13H,14-15H2,(H,25,28)/p-1. The molecule has 0 saturated heterocycles. The normalized spacial score (nSPS) is 10.8. The maximum Gasteiger partial charge on any atom is 0.169 e. The number of halogens is 1. The van der Waals surface area contributed by atoms with Crippen LogP contribution in [0.2, 0.25) is 5.02 Å². The molecule has 28 heavy (non-hydrogen) atoms. The fourth-order valence-electron chi connectivity index (χ4n) is 2.93. The molecular formula is C22H17ClN3OS-. The van der Waals surface area contributed by atoms with E-state index in [4.69, 9.17) is 29.0 Å². The van der Waals surface area contributed by atoms with Crippen LogP contribution in [0.1, 0.15) is 11.4 Å². The number of rotatable bonds is 6. The Hall–Kier alpha value is -2.89. The molecule has 0 radical (unpaired) electrons. The Balaban J connectivity index is 1.52. The van der Waals surface area contributed by atoms with Gasteiger partial charge in [-0.25, -0.2) is 0 Å². The number of hydrogen-bond donors (Lipinski definition) is 0. The lowest BCUT2D eigenvalue weighted by Crippen LogP contribution is -2.09. The maximum absolute atomic E-state index is 5.91. The highest BCUT2D eigenvalue weighted by molar-refractivity contribution is 7.58. The van der Waals surface area contributed by atoms with Crippen LogP contribution in [0.15, 0.2) is 84.0 Å². The molecule has 0 saturated carbocycles. The molecule has 0 bridgehead atoms. The van der Waals surface area contributed by atoms with Gasteiger partial charge in [-0.2, -0.15) is 5.10 Å². The average molecular weight is 407 g/mol. The summed E-state index contributed by atoms with van der Waals surface area (Å²) in [5.74, 6) is 1.40. The second-order valence-electron chi connectivity index (χ2n) is 6.29. The van der Waals surface area contributed by atoms with Crippen molar-refractivity contribution in [2.24, 2.45) is 0 Å². The topological polar surface area (TPSA) is 39.9 Å². The second-order valence-corrected chi connectivity index (χ2v) is 7.10. The molecule has 1 aromatic heterocycles. The number of aromatic nitrogens is 3. The Morgan fingerprint density at radius 2 is 1.61 bits per heavy atom. The predicted octanol–water partition coefficient (Wildman–Crippen LogP) is 5.13. The zero-order valence-corrected chi connectivity index (χ0v) is 16.5. The van der Waals surface area contributed by atoms with Crippen LogP contribution < -0.4 is 4.74 Å². The van der Waals surface area contributed by atoms with Gasteiger partial charge < -0.3 is 21.9 Å². The molecule has 3 aromatic carbocycles. The minimum absolute atomic E-state index is 0.281. The van der Waals surface area contributed by atoms with Gasteiger partial charge in [0.1, 0.15) is 12.4 Å². The monoisotopic (exact) mass is 406 g/mol. The molecule has 0 spiro atoms. The molecule has 0 fully saturated rings. The molecule has 0 unspecified atom stereocenters. The third-order valence-electron chi connectivity index (χ3n) is 4.35. The average Bonchev–Trinajstić information content (AvgIpc) is 3.08. The van der Waals surface area contributed by atoms with Crippen LogP contribution in [0.25, 0.3) is 11.1 Å². The minimum atomic E-state index is 0.281. The smallest absolute Gasteiger partial charge is 0.169 e. The van der Waals surface area contributed by atoms with Gasteiger partial charge in [0.25, 0.3) is 0 Å². The number of nitrogens with zero attached hydrogens (tertiary/aromatic N) is 3. The fraction of sp³-hybridized carbons (Fsp3) is 0.0909. The molecule has 4 nitrogen and oxygen atoms in total.